The number of unbranched alkanes of at least 4 members (excludes halogenated alkanes) is 1. The summed E-state index contributed by atoms with van der Waals surface area (Å²) in [7, 11) is 1.70. The molecule has 0 saturated carbocycles. The molecule has 4 nitrogen and oxygen atoms in total. The number of benzene rings is 2. The second kappa shape index (κ2) is 16.6. The molecule has 0 aliphatic rings. The molecule has 0 radical (unpaired) electrons. The molecule has 0 spiro atoms. The van der Waals surface area contributed by atoms with E-state index in [-0.39, 0.29) is 6.61 Å². The van der Waals surface area contributed by atoms with Gasteiger partial charge in [-0.05, 0) is 44.4 Å². The summed E-state index contributed by atoms with van der Waals surface area (Å²) >= 11 is 0. The largest absolute Gasteiger partial charge is 0.496 e. The fourth-order valence-corrected chi connectivity index (χ4v) is 2.25. The molecular weight excluding hydrogens is 350 g/mol. The van der Waals surface area contributed by atoms with Crippen LogP contribution in [0.2, 0.25) is 0 Å². The van der Waals surface area contributed by atoms with Gasteiger partial charge in [-0.15, -0.1) is 0 Å². The van der Waals surface area contributed by atoms with Crippen molar-refractivity contribution >= 4 is 18.6 Å². The molecule has 0 atom stereocenters. The van der Waals surface area contributed by atoms with Gasteiger partial charge in [0.2, 0.25) is 6.41 Å². The van der Waals surface area contributed by atoms with Gasteiger partial charge in [-0.25, -0.2) is 0 Å². The van der Waals surface area contributed by atoms with Crippen LogP contribution in [0.25, 0.3) is 12.2 Å². The fourth-order valence-electron chi connectivity index (χ4n) is 2.25. The Kier molecular flexibility index (Phi) is 15.0. The number of carbonyl (C=O) groups excluding carboxylic acids is 1. The zero-order chi connectivity index (χ0) is 21.2. The highest BCUT2D eigenvalue weighted by Crippen LogP contribution is 2.22. The van der Waals surface area contributed by atoms with Crippen LogP contribution in [0, 0.1) is 13.8 Å². The van der Waals surface area contributed by atoms with Crippen LogP contribution in [0.3, 0.4) is 0 Å². The average molecular weight is 386 g/mol. The van der Waals surface area contributed by atoms with Crippen molar-refractivity contribution in [3.05, 3.63) is 64.7 Å². The van der Waals surface area contributed by atoms with E-state index in [9.17, 15) is 4.79 Å². The summed E-state index contributed by atoms with van der Waals surface area (Å²) in [5, 5.41) is 10.7. The zero-order valence-electron chi connectivity index (χ0n) is 17.9. The first-order valence-electron chi connectivity index (χ1n) is 9.78. The molecule has 0 unspecified atom stereocenters. The quantitative estimate of drug-likeness (QED) is 0.381. The SMILES string of the molecule is CC.COc1ccc(C)cc1/C=C/c1ccc(C)cc1.O=CNCCCCO. The van der Waals surface area contributed by atoms with E-state index >= 15 is 0 Å². The molecule has 4 heteroatoms. The van der Waals surface area contributed by atoms with Crippen molar-refractivity contribution in [3.8, 4) is 5.75 Å². The van der Waals surface area contributed by atoms with E-state index in [2.05, 4.69) is 67.7 Å². The lowest BCUT2D eigenvalue weighted by Gasteiger charge is -2.05. The van der Waals surface area contributed by atoms with Gasteiger partial charge in [0.1, 0.15) is 5.75 Å². The highest BCUT2D eigenvalue weighted by Gasteiger charge is 1.99. The van der Waals surface area contributed by atoms with E-state index in [1.807, 2.05) is 19.9 Å². The Morgan fingerprint density at radius 3 is 2.18 bits per heavy atom. The van der Waals surface area contributed by atoms with Crippen LogP contribution in [0.15, 0.2) is 42.5 Å². The predicted octanol–water partition coefficient (Wildman–Crippen LogP) is 5.01. The average Bonchev–Trinajstić information content (AvgIpc) is 2.73. The molecule has 0 bridgehead atoms. The number of methoxy groups -OCH3 is 1. The number of hydrogen-bond acceptors (Lipinski definition) is 3. The lowest BCUT2D eigenvalue weighted by molar-refractivity contribution is -0.109. The molecule has 0 aliphatic carbocycles. The minimum absolute atomic E-state index is 0.209. The Balaban J connectivity index is 0.000000618. The van der Waals surface area contributed by atoms with Crippen LogP contribution >= 0.6 is 0 Å². The summed E-state index contributed by atoms with van der Waals surface area (Å²) in [4.78, 5) is 9.59. The van der Waals surface area contributed by atoms with Gasteiger partial charge in [-0.1, -0.05) is 67.5 Å². The van der Waals surface area contributed by atoms with Crippen molar-refractivity contribution in [1.29, 1.82) is 0 Å². The molecule has 28 heavy (non-hydrogen) atoms. The highest BCUT2D eigenvalue weighted by atomic mass is 16.5. The maximum Gasteiger partial charge on any atom is 0.207 e. The van der Waals surface area contributed by atoms with Gasteiger partial charge < -0.3 is 15.2 Å². The third-order valence-electron chi connectivity index (χ3n) is 3.73. The molecule has 2 rings (SSSR count). The Morgan fingerprint density at radius 2 is 1.61 bits per heavy atom. The van der Waals surface area contributed by atoms with Gasteiger partial charge in [-0.2, -0.15) is 0 Å². The molecule has 0 fully saturated rings. The van der Waals surface area contributed by atoms with Crippen molar-refractivity contribution in [3.63, 3.8) is 0 Å². The van der Waals surface area contributed by atoms with Crippen molar-refractivity contribution in [1.82, 2.24) is 5.32 Å². The van der Waals surface area contributed by atoms with E-state index in [4.69, 9.17) is 9.84 Å². The van der Waals surface area contributed by atoms with E-state index in [0.717, 1.165) is 24.2 Å². The lowest BCUT2D eigenvalue weighted by atomic mass is 10.1. The smallest absolute Gasteiger partial charge is 0.207 e. The summed E-state index contributed by atoms with van der Waals surface area (Å²) in [6, 6.07) is 14.7. The Labute approximate surface area is 170 Å². The van der Waals surface area contributed by atoms with Gasteiger partial charge >= 0.3 is 0 Å². The molecule has 0 saturated heterocycles. The molecule has 2 N–H and O–H groups in total. The number of hydrogen-bond donors (Lipinski definition) is 2. The minimum Gasteiger partial charge on any atom is -0.496 e. The maximum atomic E-state index is 9.59. The summed E-state index contributed by atoms with van der Waals surface area (Å²) in [5.74, 6) is 0.906. The van der Waals surface area contributed by atoms with Crippen LogP contribution < -0.4 is 10.1 Å². The number of rotatable bonds is 8. The highest BCUT2D eigenvalue weighted by molar-refractivity contribution is 5.73. The third-order valence-corrected chi connectivity index (χ3v) is 3.73. The molecular formula is C24H35NO3. The van der Waals surface area contributed by atoms with Gasteiger partial charge in [-0.3, -0.25) is 4.79 Å². The molecule has 1 amide bonds. The Hall–Kier alpha value is -2.59. The number of aliphatic hydroxyl groups is 1. The second-order valence-corrected chi connectivity index (χ2v) is 5.99. The van der Waals surface area contributed by atoms with Gasteiger partial charge in [0.15, 0.2) is 0 Å². The fraction of sp³-hybridized carbons (Fsp3) is 0.375. The molecule has 2 aromatic carbocycles. The minimum atomic E-state index is 0.209. The van der Waals surface area contributed by atoms with Crippen LogP contribution in [0.1, 0.15) is 48.9 Å². The summed E-state index contributed by atoms with van der Waals surface area (Å²) < 4.78 is 5.36. The van der Waals surface area contributed by atoms with Gasteiger partial charge in [0.05, 0.1) is 7.11 Å². The van der Waals surface area contributed by atoms with Crippen molar-refractivity contribution in [2.24, 2.45) is 0 Å². The Morgan fingerprint density at radius 1 is 0.964 bits per heavy atom. The van der Waals surface area contributed by atoms with Crippen LogP contribution in [0.4, 0.5) is 0 Å². The summed E-state index contributed by atoms with van der Waals surface area (Å²) in [6.07, 6.45) is 6.49. The molecule has 2 aromatic rings. The number of nitrogens with one attached hydrogen (secondary N) is 1. The number of carbonyl (C=O) groups is 1. The number of aryl methyl sites for hydroxylation is 2. The topological polar surface area (TPSA) is 58.6 Å². The monoisotopic (exact) mass is 385 g/mol. The van der Waals surface area contributed by atoms with Crippen LogP contribution in [0.5, 0.6) is 5.75 Å². The zero-order valence-corrected chi connectivity index (χ0v) is 17.9. The van der Waals surface area contributed by atoms with E-state index in [0.29, 0.717) is 13.0 Å². The number of ether oxygens (including phenoxy) is 1. The van der Waals surface area contributed by atoms with Crippen LogP contribution in [-0.2, 0) is 4.79 Å². The molecule has 0 aliphatic heterocycles. The van der Waals surface area contributed by atoms with Crippen LogP contribution in [-0.4, -0.2) is 31.8 Å². The van der Waals surface area contributed by atoms with Gasteiger partial charge in [0.25, 0.3) is 0 Å². The first-order chi connectivity index (χ1) is 13.6. The van der Waals surface area contributed by atoms with E-state index in [1.54, 1.807) is 7.11 Å². The van der Waals surface area contributed by atoms with Crippen molar-refractivity contribution in [2.45, 2.75) is 40.5 Å². The Bertz CT molecular complexity index is 679. The van der Waals surface area contributed by atoms with Crippen molar-refractivity contribution < 1.29 is 14.6 Å². The maximum absolute atomic E-state index is 9.59. The van der Waals surface area contributed by atoms with Crippen molar-refractivity contribution in [2.75, 3.05) is 20.3 Å². The summed E-state index contributed by atoms with van der Waals surface area (Å²) in [5.41, 5.74) is 4.82. The number of aliphatic hydroxyl groups excluding tert-OH is 1. The molecule has 0 aromatic heterocycles. The first-order valence-corrected chi connectivity index (χ1v) is 9.78. The first kappa shape index (κ1) is 25.4. The lowest BCUT2D eigenvalue weighted by Crippen LogP contribution is -2.12. The third kappa shape index (κ3) is 11.2. The molecule has 154 valence electrons. The second-order valence-electron chi connectivity index (χ2n) is 5.99. The van der Waals surface area contributed by atoms with Gasteiger partial charge in [0, 0.05) is 18.7 Å². The standard InChI is InChI=1S/C17H18O.C5H11NO2.C2H6/c1-13-4-7-15(8-5-13)9-10-16-12-14(2)6-11-17(16)18-3;7-4-2-1-3-6-5-8;1-2/h4-12H,1-3H3;5,7H,1-4H2,(H,6,8);1-2H3/b10-9+;;. The molecule has 0 heterocycles. The predicted molar refractivity (Wildman–Crippen MR) is 120 cm³/mol. The van der Waals surface area contributed by atoms with E-state index < -0.39 is 0 Å². The normalized spacial score (nSPS) is 9.64. The van der Waals surface area contributed by atoms with E-state index in [1.165, 1.54) is 16.7 Å². The number of amides is 1. The summed E-state index contributed by atoms with van der Waals surface area (Å²) in [6.45, 7) is 9.06.